The smallest absolute Gasteiger partial charge is 0.433 e. The van der Waals surface area contributed by atoms with Crippen LogP contribution in [-0.4, -0.2) is 43.0 Å². The molecule has 0 spiro atoms. The first kappa shape index (κ1) is 17.1. The summed E-state index contributed by atoms with van der Waals surface area (Å²) in [5.41, 5.74) is 0.701. The SMILES string of the molecule is COC(=O)N=C(Cc1ccc2ccccc2c1)C(=O)N(C)N=C=O. The van der Waals surface area contributed by atoms with E-state index in [1.165, 1.54) is 13.1 Å². The second-order valence-corrected chi connectivity index (χ2v) is 4.91. The van der Waals surface area contributed by atoms with E-state index in [1.54, 1.807) is 0 Å². The van der Waals surface area contributed by atoms with Crippen LogP contribution in [-0.2, 0) is 20.7 Å². The van der Waals surface area contributed by atoms with Crippen molar-refractivity contribution in [2.75, 3.05) is 14.2 Å². The summed E-state index contributed by atoms with van der Waals surface area (Å²) in [6, 6.07) is 13.4. The Morgan fingerprint density at radius 3 is 2.54 bits per heavy atom. The highest BCUT2D eigenvalue weighted by atomic mass is 16.5. The predicted octanol–water partition coefficient (Wildman–Crippen LogP) is 2.30. The molecule has 2 aromatic carbocycles. The number of rotatable bonds is 4. The van der Waals surface area contributed by atoms with E-state index in [4.69, 9.17) is 0 Å². The lowest BCUT2D eigenvalue weighted by Crippen LogP contribution is -2.31. The van der Waals surface area contributed by atoms with Gasteiger partial charge in [-0.15, -0.1) is 0 Å². The molecule has 0 aromatic heterocycles. The van der Waals surface area contributed by atoms with Crippen LogP contribution in [0.15, 0.2) is 52.6 Å². The molecule has 7 nitrogen and oxygen atoms in total. The Bertz CT molecular complexity index is 854. The van der Waals surface area contributed by atoms with Crippen LogP contribution in [0.5, 0.6) is 0 Å². The zero-order chi connectivity index (χ0) is 17.5. The number of amides is 2. The highest BCUT2D eigenvalue weighted by molar-refractivity contribution is 6.40. The Morgan fingerprint density at radius 2 is 1.88 bits per heavy atom. The highest BCUT2D eigenvalue weighted by Crippen LogP contribution is 2.16. The summed E-state index contributed by atoms with van der Waals surface area (Å²) >= 11 is 0. The van der Waals surface area contributed by atoms with Crippen molar-refractivity contribution in [1.82, 2.24) is 5.01 Å². The molecule has 0 aliphatic carbocycles. The molecule has 0 unspecified atom stereocenters. The van der Waals surface area contributed by atoms with Crippen molar-refractivity contribution in [2.24, 2.45) is 10.1 Å². The minimum absolute atomic E-state index is 0.0846. The third kappa shape index (κ3) is 4.12. The van der Waals surface area contributed by atoms with Gasteiger partial charge in [0.2, 0.25) is 0 Å². The monoisotopic (exact) mass is 325 g/mol. The maximum atomic E-state index is 12.3. The lowest BCUT2D eigenvalue weighted by atomic mass is 10.0. The average molecular weight is 325 g/mol. The number of methoxy groups -OCH3 is 1. The number of carbonyl (C=O) groups is 2. The Kier molecular flexibility index (Phi) is 5.54. The lowest BCUT2D eigenvalue weighted by Gasteiger charge is -2.11. The average Bonchev–Trinajstić information content (AvgIpc) is 2.60. The van der Waals surface area contributed by atoms with Crippen molar-refractivity contribution in [3.63, 3.8) is 0 Å². The fourth-order valence-electron chi connectivity index (χ4n) is 2.15. The summed E-state index contributed by atoms with van der Waals surface area (Å²) in [5, 5.41) is 6.05. The molecule has 0 atom stereocenters. The Labute approximate surface area is 138 Å². The van der Waals surface area contributed by atoms with Crippen molar-refractivity contribution >= 4 is 34.6 Å². The molecule has 0 fully saturated rings. The number of benzene rings is 2. The first-order chi connectivity index (χ1) is 11.5. The number of hydrogen-bond donors (Lipinski definition) is 0. The van der Waals surface area contributed by atoms with Crippen molar-refractivity contribution < 1.29 is 19.1 Å². The highest BCUT2D eigenvalue weighted by Gasteiger charge is 2.19. The standard InChI is InChI=1S/C17H15N3O4/c1-20(18-11-21)16(22)15(19-17(23)24-2)10-12-7-8-13-5-3-4-6-14(13)9-12/h3-9H,10H2,1-2H3. The summed E-state index contributed by atoms with van der Waals surface area (Å²) < 4.78 is 4.47. The van der Waals surface area contributed by atoms with Crippen molar-refractivity contribution in [1.29, 1.82) is 0 Å². The van der Waals surface area contributed by atoms with Gasteiger partial charge < -0.3 is 4.74 Å². The Balaban J connectivity index is 2.35. The van der Waals surface area contributed by atoms with Gasteiger partial charge in [0, 0.05) is 13.5 Å². The van der Waals surface area contributed by atoms with Gasteiger partial charge in [-0.3, -0.25) is 4.79 Å². The fraction of sp³-hybridized carbons (Fsp3) is 0.176. The van der Waals surface area contributed by atoms with Gasteiger partial charge in [0.05, 0.1) is 7.11 Å². The molecule has 0 saturated carbocycles. The normalized spacial score (nSPS) is 10.8. The predicted molar refractivity (Wildman–Crippen MR) is 88.4 cm³/mol. The van der Waals surface area contributed by atoms with Crippen LogP contribution in [0.4, 0.5) is 4.79 Å². The second kappa shape index (κ2) is 7.80. The Morgan fingerprint density at radius 1 is 1.17 bits per heavy atom. The molecule has 7 heteroatoms. The van der Waals surface area contributed by atoms with E-state index in [0.717, 1.165) is 28.5 Å². The van der Waals surface area contributed by atoms with E-state index in [-0.39, 0.29) is 12.1 Å². The van der Waals surface area contributed by atoms with Crippen molar-refractivity contribution in [2.45, 2.75) is 6.42 Å². The number of hydrogen-bond acceptors (Lipinski definition) is 5. The molecule has 0 heterocycles. The molecule has 0 bridgehead atoms. The van der Waals surface area contributed by atoms with Gasteiger partial charge >= 0.3 is 6.09 Å². The van der Waals surface area contributed by atoms with Crippen LogP contribution in [0.25, 0.3) is 10.8 Å². The van der Waals surface area contributed by atoms with Gasteiger partial charge in [0.25, 0.3) is 12.0 Å². The van der Waals surface area contributed by atoms with Crippen LogP contribution in [0, 0.1) is 0 Å². The number of carbonyl (C=O) groups excluding carboxylic acids is 3. The van der Waals surface area contributed by atoms with Crippen LogP contribution in [0.2, 0.25) is 0 Å². The minimum atomic E-state index is -0.900. The number of isocyanates is 1. The largest absolute Gasteiger partial charge is 0.451 e. The van der Waals surface area contributed by atoms with Crippen molar-refractivity contribution in [3.05, 3.63) is 48.0 Å². The minimum Gasteiger partial charge on any atom is -0.451 e. The molecular weight excluding hydrogens is 310 g/mol. The molecule has 0 N–H and O–H groups in total. The quantitative estimate of drug-likeness (QED) is 0.490. The first-order valence-electron chi connectivity index (χ1n) is 7.04. The van der Waals surface area contributed by atoms with Crippen LogP contribution >= 0.6 is 0 Å². The molecule has 122 valence electrons. The van der Waals surface area contributed by atoms with E-state index in [1.807, 2.05) is 42.5 Å². The van der Waals surface area contributed by atoms with Crippen LogP contribution < -0.4 is 0 Å². The zero-order valence-electron chi connectivity index (χ0n) is 13.2. The van der Waals surface area contributed by atoms with E-state index in [0.29, 0.717) is 0 Å². The third-order valence-electron chi connectivity index (χ3n) is 3.32. The van der Waals surface area contributed by atoms with E-state index in [9.17, 15) is 14.4 Å². The number of hydrazone groups is 1. The van der Waals surface area contributed by atoms with Crippen molar-refractivity contribution in [3.8, 4) is 0 Å². The van der Waals surface area contributed by atoms with Gasteiger partial charge in [-0.1, -0.05) is 47.6 Å². The van der Waals surface area contributed by atoms with E-state index < -0.39 is 12.0 Å². The van der Waals surface area contributed by atoms with E-state index in [2.05, 4.69) is 14.8 Å². The van der Waals surface area contributed by atoms with Gasteiger partial charge in [0.15, 0.2) is 0 Å². The van der Waals surface area contributed by atoms with Gasteiger partial charge in [-0.05, 0) is 16.3 Å². The number of nitrogens with zero attached hydrogens (tertiary/aromatic N) is 3. The molecule has 2 aromatic rings. The maximum absolute atomic E-state index is 12.3. The molecular formula is C17H15N3O4. The van der Waals surface area contributed by atoms with E-state index >= 15 is 0 Å². The second-order valence-electron chi connectivity index (χ2n) is 4.91. The Hall–Kier alpha value is -3.31. The van der Waals surface area contributed by atoms with Gasteiger partial charge in [-0.2, -0.15) is 4.99 Å². The summed E-state index contributed by atoms with van der Waals surface area (Å²) in [6.45, 7) is 0. The lowest BCUT2D eigenvalue weighted by molar-refractivity contribution is -0.123. The zero-order valence-corrected chi connectivity index (χ0v) is 13.2. The molecule has 24 heavy (non-hydrogen) atoms. The molecule has 0 aliphatic rings. The van der Waals surface area contributed by atoms with Crippen LogP contribution in [0.1, 0.15) is 5.56 Å². The molecule has 0 saturated heterocycles. The molecule has 0 radical (unpaired) electrons. The molecule has 2 amide bonds. The topological polar surface area (TPSA) is 88.4 Å². The number of fused-ring (bicyclic) bond motifs is 1. The number of aliphatic imine (C=N–C) groups is 1. The third-order valence-corrected chi connectivity index (χ3v) is 3.32. The number of ether oxygens (including phenoxy) is 1. The van der Waals surface area contributed by atoms with Gasteiger partial charge in [0.1, 0.15) is 5.71 Å². The van der Waals surface area contributed by atoms with Gasteiger partial charge in [-0.25, -0.2) is 14.6 Å². The summed E-state index contributed by atoms with van der Waals surface area (Å²) in [5.74, 6) is -0.683. The summed E-state index contributed by atoms with van der Waals surface area (Å²) in [4.78, 5) is 37.6. The fourth-order valence-corrected chi connectivity index (χ4v) is 2.15. The molecule has 2 rings (SSSR count). The summed E-state index contributed by atoms with van der Waals surface area (Å²) in [7, 11) is 2.44. The molecule has 0 aliphatic heterocycles. The summed E-state index contributed by atoms with van der Waals surface area (Å²) in [6.07, 6.45) is 0.462. The van der Waals surface area contributed by atoms with Crippen LogP contribution in [0.3, 0.4) is 0 Å². The maximum Gasteiger partial charge on any atom is 0.433 e. The first-order valence-corrected chi connectivity index (χ1v) is 7.04.